The molecule has 0 bridgehead atoms. The third-order valence-corrected chi connectivity index (χ3v) is 2.92. The minimum Gasteiger partial charge on any atom is -0.492 e. The minimum absolute atomic E-state index is 0.0206. The molecular weight excluding hydrogens is 234 g/mol. The van der Waals surface area contributed by atoms with Gasteiger partial charge in [-0.3, -0.25) is 5.10 Å². The first kappa shape index (κ1) is 12.7. The summed E-state index contributed by atoms with van der Waals surface area (Å²) in [6, 6.07) is 0.0206. The van der Waals surface area contributed by atoms with Crippen molar-refractivity contribution >= 4 is 6.09 Å². The van der Waals surface area contributed by atoms with Gasteiger partial charge >= 0.3 is 6.09 Å². The highest BCUT2D eigenvalue weighted by Gasteiger charge is 2.32. The van der Waals surface area contributed by atoms with E-state index in [9.17, 15) is 9.90 Å². The predicted molar refractivity (Wildman–Crippen MR) is 65.2 cm³/mol. The van der Waals surface area contributed by atoms with Crippen LogP contribution in [0.3, 0.4) is 0 Å². The van der Waals surface area contributed by atoms with Crippen molar-refractivity contribution in [2.45, 2.75) is 52.3 Å². The van der Waals surface area contributed by atoms with Gasteiger partial charge in [-0.25, -0.2) is 4.79 Å². The van der Waals surface area contributed by atoms with Gasteiger partial charge in [-0.05, 0) is 27.7 Å². The van der Waals surface area contributed by atoms with E-state index in [4.69, 9.17) is 4.74 Å². The minimum atomic E-state index is -0.518. The molecule has 2 rings (SSSR count). The molecular formula is C12H19N3O3. The number of nitrogens with zero attached hydrogens (tertiary/aromatic N) is 2. The van der Waals surface area contributed by atoms with Crippen LogP contribution in [0, 0.1) is 0 Å². The van der Waals surface area contributed by atoms with Crippen LogP contribution in [-0.2, 0) is 17.7 Å². The van der Waals surface area contributed by atoms with Gasteiger partial charge in [0.1, 0.15) is 5.60 Å². The number of rotatable bonds is 0. The van der Waals surface area contributed by atoms with Crippen LogP contribution in [0.4, 0.5) is 4.79 Å². The zero-order valence-electron chi connectivity index (χ0n) is 11.1. The Morgan fingerprint density at radius 1 is 1.56 bits per heavy atom. The van der Waals surface area contributed by atoms with Gasteiger partial charge in [-0.1, -0.05) is 0 Å². The van der Waals surface area contributed by atoms with Crippen molar-refractivity contribution in [2.24, 2.45) is 0 Å². The van der Waals surface area contributed by atoms with Crippen LogP contribution in [0.15, 0.2) is 0 Å². The molecule has 2 heterocycles. The first-order valence-corrected chi connectivity index (χ1v) is 6.02. The molecule has 18 heavy (non-hydrogen) atoms. The Kier molecular flexibility index (Phi) is 2.96. The summed E-state index contributed by atoms with van der Waals surface area (Å²) in [6.45, 7) is 7.78. The molecule has 1 amide bonds. The van der Waals surface area contributed by atoms with Gasteiger partial charge in [-0.2, -0.15) is 0 Å². The van der Waals surface area contributed by atoms with Crippen molar-refractivity contribution in [3.63, 3.8) is 0 Å². The average Bonchev–Trinajstić information content (AvgIpc) is 2.56. The first-order chi connectivity index (χ1) is 8.28. The van der Waals surface area contributed by atoms with Crippen molar-refractivity contribution in [3.8, 4) is 5.88 Å². The second-order valence-corrected chi connectivity index (χ2v) is 5.67. The van der Waals surface area contributed by atoms with Gasteiger partial charge < -0.3 is 14.7 Å². The molecule has 1 atom stereocenters. The van der Waals surface area contributed by atoms with Crippen LogP contribution in [-0.4, -0.2) is 37.9 Å². The number of H-pyrrole nitrogens is 1. The molecule has 1 aromatic rings. The fraction of sp³-hybridized carbons (Fsp3) is 0.667. The van der Waals surface area contributed by atoms with E-state index in [1.807, 2.05) is 27.7 Å². The van der Waals surface area contributed by atoms with Gasteiger partial charge in [0.15, 0.2) is 0 Å². The molecule has 1 aromatic heterocycles. The maximum atomic E-state index is 12.1. The lowest BCUT2D eigenvalue weighted by atomic mass is 10.0. The lowest BCUT2D eigenvalue weighted by Crippen LogP contribution is -2.45. The molecule has 0 radical (unpaired) electrons. The van der Waals surface area contributed by atoms with E-state index in [1.165, 1.54) is 0 Å². The van der Waals surface area contributed by atoms with Gasteiger partial charge in [0, 0.05) is 18.2 Å². The Morgan fingerprint density at radius 3 is 2.83 bits per heavy atom. The zero-order chi connectivity index (χ0) is 13.5. The van der Waals surface area contributed by atoms with Crippen LogP contribution in [0.25, 0.3) is 0 Å². The summed E-state index contributed by atoms with van der Waals surface area (Å²) in [6.07, 6.45) is 0.281. The summed E-state index contributed by atoms with van der Waals surface area (Å²) in [7, 11) is 0. The number of amides is 1. The second kappa shape index (κ2) is 4.19. The van der Waals surface area contributed by atoms with E-state index in [1.54, 1.807) is 4.90 Å². The quantitative estimate of drug-likeness (QED) is 0.739. The fourth-order valence-corrected chi connectivity index (χ4v) is 2.02. The number of carbonyl (C=O) groups is 1. The molecule has 2 N–H and O–H groups in total. The fourth-order valence-electron chi connectivity index (χ4n) is 2.02. The summed E-state index contributed by atoms with van der Waals surface area (Å²) in [4.78, 5) is 13.7. The van der Waals surface area contributed by atoms with Crippen LogP contribution < -0.4 is 0 Å². The number of nitrogens with one attached hydrogen (secondary N) is 1. The normalized spacial score (nSPS) is 19.6. The van der Waals surface area contributed by atoms with Crippen LogP contribution in [0.2, 0.25) is 0 Å². The maximum Gasteiger partial charge on any atom is 0.410 e. The highest BCUT2D eigenvalue weighted by molar-refractivity contribution is 5.69. The van der Waals surface area contributed by atoms with Crippen molar-refractivity contribution in [1.29, 1.82) is 0 Å². The molecule has 0 saturated heterocycles. The smallest absolute Gasteiger partial charge is 0.410 e. The monoisotopic (exact) mass is 253 g/mol. The number of hydrogen-bond acceptors (Lipinski definition) is 4. The third kappa shape index (κ3) is 2.42. The Hall–Kier alpha value is -1.72. The van der Waals surface area contributed by atoms with Gasteiger partial charge in [0.25, 0.3) is 0 Å². The SMILES string of the molecule is CC1Cc2[nH]nc(O)c2CN1C(=O)OC(C)(C)C. The lowest BCUT2D eigenvalue weighted by molar-refractivity contribution is 0.0136. The number of carbonyl (C=O) groups excluding carboxylic acids is 1. The number of aromatic hydroxyl groups is 1. The molecule has 0 aromatic carbocycles. The summed E-state index contributed by atoms with van der Waals surface area (Å²) in [5.41, 5.74) is 1.05. The Balaban J connectivity index is 2.16. The Bertz CT molecular complexity index is 462. The predicted octanol–water partition coefficient (Wildman–Crippen LogP) is 1.80. The first-order valence-electron chi connectivity index (χ1n) is 6.02. The standard InChI is InChI=1S/C12H19N3O3/c1-7-5-9-8(10(16)14-13-9)6-15(7)11(17)18-12(2,3)4/h7H,5-6H2,1-4H3,(H2,13,14,16). The van der Waals surface area contributed by atoms with E-state index in [0.717, 1.165) is 5.69 Å². The zero-order valence-corrected chi connectivity index (χ0v) is 11.1. The topological polar surface area (TPSA) is 78.5 Å². The second-order valence-electron chi connectivity index (χ2n) is 5.67. The average molecular weight is 253 g/mol. The van der Waals surface area contributed by atoms with Crippen molar-refractivity contribution < 1.29 is 14.6 Å². The summed E-state index contributed by atoms with van der Waals surface area (Å²) in [5, 5.41) is 16.1. The maximum absolute atomic E-state index is 12.1. The molecule has 0 aliphatic carbocycles. The van der Waals surface area contributed by atoms with Crippen molar-refractivity contribution in [3.05, 3.63) is 11.3 Å². The molecule has 0 fully saturated rings. The summed E-state index contributed by atoms with van der Waals surface area (Å²) < 4.78 is 5.35. The number of aromatic amines is 1. The summed E-state index contributed by atoms with van der Waals surface area (Å²) in [5.74, 6) is -0.0366. The van der Waals surface area contributed by atoms with Crippen LogP contribution >= 0.6 is 0 Å². The van der Waals surface area contributed by atoms with Gasteiger partial charge in [-0.15, -0.1) is 5.10 Å². The van der Waals surface area contributed by atoms with Crippen molar-refractivity contribution in [1.82, 2.24) is 15.1 Å². The van der Waals surface area contributed by atoms with Gasteiger partial charge in [0.05, 0.1) is 12.1 Å². The van der Waals surface area contributed by atoms with Crippen LogP contribution in [0.1, 0.15) is 39.0 Å². The van der Waals surface area contributed by atoms with E-state index in [-0.39, 0.29) is 18.0 Å². The highest BCUT2D eigenvalue weighted by Crippen LogP contribution is 2.28. The molecule has 6 heteroatoms. The molecule has 1 aliphatic rings. The summed E-state index contributed by atoms with van der Waals surface area (Å²) >= 11 is 0. The van der Waals surface area contributed by atoms with E-state index in [2.05, 4.69) is 10.2 Å². The molecule has 0 spiro atoms. The Labute approximate surface area is 106 Å². The van der Waals surface area contributed by atoms with E-state index >= 15 is 0 Å². The van der Waals surface area contributed by atoms with Crippen LogP contribution in [0.5, 0.6) is 5.88 Å². The lowest BCUT2D eigenvalue weighted by Gasteiger charge is -2.34. The molecule has 0 saturated carbocycles. The number of ether oxygens (including phenoxy) is 1. The molecule has 1 aliphatic heterocycles. The third-order valence-electron chi connectivity index (χ3n) is 2.92. The molecule has 1 unspecified atom stereocenters. The number of hydrogen-bond donors (Lipinski definition) is 2. The van der Waals surface area contributed by atoms with E-state index < -0.39 is 5.60 Å². The highest BCUT2D eigenvalue weighted by atomic mass is 16.6. The van der Waals surface area contributed by atoms with Crippen molar-refractivity contribution in [2.75, 3.05) is 0 Å². The Morgan fingerprint density at radius 2 is 2.22 bits per heavy atom. The molecule has 6 nitrogen and oxygen atoms in total. The largest absolute Gasteiger partial charge is 0.492 e. The number of fused-ring (bicyclic) bond motifs is 1. The van der Waals surface area contributed by atoms with E-state index in [0.29, 0.717) is 18.5 Å². The number of aromatic nitrogens is 2. The molecule has 100 valence electrons. The van der Waals surface area contributed by atoms with Gasteiger partial charge in [0.2, 0.25) is 5.88 Å².